The minimum atomic E-state index is -2.82. The first-order valence-electron chi connectivity index (χ1n) is 40.7. The number of carbonyl (C=O) groups is 10. The van der Waals surface area contributed by atoms with E-state index in [9.17, 15) is 47.9 Å². The Morgan fingerprint density at radius 3 is 1.07 bits per heavy atom. The fourth-order valence-corrected chi connectivity index (χ4v) is 28.6. The first-order valence-corrected chi connectivity index (χ1v) is 52.9. The van der Waals surface area contributed by atoms with E-state index < -0.39 is 69.6 Å². The monoisotopic (exact) mass is 1740 g/mol. The Labute approximate surface area is 723 Å². The van der Waals surface area contributed by atoms with Crippen molar-refractivity contribution in [2.24, 2.45) is 40.4 Å². The highest BCUT2D eigenvalue weighted by molar-refractivity contribution is 6.90. The molecule has 0 spiro atoms. The summed E-state index contributed by atoms with van der Waals surface area (Å²) in [5.41, 5.74) is 4.06. The van der Waals surface area contributed by atoms with Gasteiger partial charge in [0.1, 0.15) is 45.7 Å². The zero-order valence-corrected chi connectivity index (χ0v) is 78.1. The smallest absolute Gasteiger partial charge is 0.463 e. The molecule has 0 N–H and O–H groups in total. The average molecular weight is 1740 g/mol. The van der Waals surface area contributed by atoms with Crippen LogP contribution in [-0.4, -0.2) is 133 Å². The van der Waals surface area contributed by atoms with E-state index in [1.54, 1.807) is 64.5 Å². The molecule has 4 aromatic rings. The van der Waals surface area contributed by atoms with Crippen molar-refractivity contribution in [1.82, 2.24) is 0 Å². The third kappa shape index (κ3) is 44.9. The van der Waals surface area contributed by atoms with E-state index in [1.807, 2.05) is 78.9 Å². The molecule has 121 heavy (non-hydrogen) atoms. The van der Waals surface area contributed by atoms with E-state index in [-0.39, 0.29) is 68.4 Å². The summed E-state index contributed by atoms with van der Waals surface area (Å²) in [5, 5.41) is 2.33. The van der Waals surface area contributed by atoms with Crippen molar-refractivity contribution in [2.75, 3.05) is 33.0 Å². The average Bonchev–Trinajstić information content (AvgIpc) is 1.56. The minimum absolute atomic E-state index is 0.0322. The molecule has 7 atom stereocenters. The largest absolute Gasteiger partial charge is 0.469 e. The molecule has 4 bridgehead atoms. The van der Waals surface area contributed by atoms with Crippen LogP contribution in [0.25, 0.3) is 10.8 Å². The van der Waals surface area contributed by atoms with Gasteiger partial charge in [-0.15, -0.1) is 0 Å². The minimum Gasteiger partial charge on any atom is -0.463 e. The van der Waals surface area contributed by atoms with Crippen LogP contribution in [0.1, 0.15) is 121 Å². The Morgan fingerprint density at radius 2 is 0.719 bits per heavy atom. The molecule has 0 amide bonds. The Kier molecular flexibility index (Phi) is 51.6. The lowest BCUT2D eigenvalue weighted by Gasteiger charge is -2.42. The van der Waals surface area contributed by atoms with Crippen molar-refractivity contribution >= 4 is 104 Å². The Bertz CT molecular complexity index is 3900. The van der Waals surface area contributed by atoms with E-state index in [1.165, 1.54) is 60.1 Å². The second kappa shape index (κ2) is 57.3. The molecule has 9 rings (SSSR count). The molecule has 0 aliphatic heterocycles. The number of ether oxygens (including phenoxy) is 10. The lowest BCUT2D eigenvalue weighted by atomic mass is 9.70. The quantitative estimate of drug-likeness (QED) is 0.0138. The number of carbonyl (C=O) groups excluding carboxylic acids is 10. The summed E-state index contributed by atoms with van der Waals surface area (Å²) in [6.07, 6.45) is 25.1. The summed E-state index contributed by atoms with van der Waals surface area (Å²) < 4.78 is 67.7. The summed E-state index contributed by atoms with van der Waals surface area (Å²) in [7, 11) is -8.36. The van der Waals surface area contributed by atoms with Gasteiger partial charge in [-0.25, -0.2) is 47.9 Å². The topological polar surface area (TPSA) is 291 Å². The second-order valence-corrected chi connectivity index (χ2v) is 49.0. The first kappa shape index (κ1) is 109. The lowest BCUT2D eigenvalue weighted by Crippen LogP contribution is -2.60. The highest BCUT2D eigenvalue weighted by Gasteiger charge is 2.63. The fraction of sp³-hybridized carbons (Fsp3) is 0.447. The maximum absolute atomic E-state index is 11.3. The predicted octanol–water partition coefficient (Wildman–Crippen LogP) is 19.4. The van der Waals surface area contributed by atoms with Gasteiger partial charge in [-0.3, -0.25) is 0 Å². The SMILES string of the molecule is C1CC2C3CCC(C3)C2C1.C=CC(=O)OC1CC2CCC1(C)C2(C)C.C=CC(=O)OCC.C=CC(=O)OCC.C=CC(=O)OCCC[Si](O[Si](C)(C)C)(O[Si](C)(C)C)O[Si](C)(C)C.C=CC(=O)OCCOC(=O)C=C.C=CC(=O)OCc1ccc2ccccc2c1.C=CC(=O)OCc1cccc(COC(=O)C=C)c1.C=CC(=O)OCc1ccccc1. The van der Waals surface area contributed by atoms with E-state index in [4.69, 9.17) is 40.8 Å². The molecule has 0 aromatic heterocycles. The van der Waals surface area contributed by atoms with Gasteiger partial charge in [0.05, 0.1) is 19.8 Å². The summed E-state index contributed by atoms with van der Waals surface area (Å²) >= 11 is 0. The zero-order chi connectivity index (χ0) is 91.4. The lowest BCUT2D eigenvalue weighted by molar-refractivity contribution is -0.151. The van der Waals surface area contributed by atoms with Gasteiger partial charge in [-0.1, -0.05) is 178 Å². The van der Waals surface area contributed by atoms with Gasteiger partial charge >= 0.3 is 68.5 Å². The van der Waals surface area contributed by atoms with Crippen LogP contribution in [0.15, 0.2) is 224 Å². The van der Waals surface area contributed by atoms with Crippen molar-refractivity contribution < 1.29 is 108 Å². The summed E-state index contributed by atoms with van der Waals surface area (Å²) in [4.78, 5) is 107. The molecule has 0 radical (unpaired) electrons. The van der Waals surface area contributed by atoms with Crippen LogP contribution < -0.4 is 0 Å². The zero-order valence-electron chi connectivity index (χ0n) is 74.1. The van der Waals surface area contributed by atoms with Crippen LogP contribution in [0.2, 0.25) is 65.0 Å². The predicted molar refractivity (Wildman–Crippen MR) is 483 cm³/mol. The molecular formula is C94H134O23Si4. The van der Waals surface area contributed by atoms with Gasteiger partial charge in [-0.2, -0.15) is 0 Å². The van der Waals surface area contributed by atoms with Crippen LogP contribution >= 0.6 is 0 Å². The number of hydrogen-bond acceptors (Lipinski definition) is 23. The van der Waals surface area contributed by atoms with Crippen LogP contribution in [0.5, 0.6) is 0 Å². The standard InChI is InChI=1S/C15H36O5Si4.C14H14O4.C14H12O2.C13H20O2.C10H10O2.C10H16.C8H10O4.2C5H8O2/c1-11-15(16)17-13-12-14-24(18-21(2,3)4,19-22(5,6)7)20-23(8,9)10;1-3-13(15)17-9-11-6-5-7-12(8-11)10-18-14(16)4-2;1-2-14(15)16-10-11-7-8-12-5-3-4-6-13(12)9-11;1-5-11(14)15-10-8-9-6-7-13(10,4)12(9,2)3;1-2-10(11)12-8-9-6-4-3-5-7-9;1-2-9-7-4-5-8(6-7)10(9)3-1;1-3-7(9)11-5-6-12-8(10)4-2;2*1-3-5(6)7-4-2/h11H,1,12-14H2,2-10H3;3-8H,1-2,9-10H2;2-9H,1,10H2;5,9-10H,1,6-8H2,2-4H3;2-7H,1,8H2;7-10H,1-6H2;3-4H,1-2,5-6H2;2*3H,1,4H2,2H3. The number of fused-ring (bicyclic) bond motifs is 8. The molecule has 23 nitrogen and oxygen atoms in total. The summed E-state index contributed by atoms with van der Waals surface area (Å²) in [6, 6.07) is 31.5. The van der Waals surface area contributed by atoms with Crippen LogP contribution in [0.4, 0.5) is 0 Å². The number of esters is 10. The van der Waals surface area contributed by atoms with Crippen molar-refractivity contribution in [1.29, 1.82) is 0 Å². The van der Waals surface area contributed by atoms with Crippen molar-refractivity contribution in [3.8, 4) is 0 Å². The molecule has 27 heteroatoms. The first-order chi connectivity index (χ1) is 57.0. The number of benzene rings is 4. The molecule has 0 heterocycles. The van der Waals surface area contributed by atoms with Gasteiger partial charge in [0.25, 0.3) is 0 Å². The normalized spacial score (nSPS) is 17.9. The van der Waals surface area contributed by atoms with Gasteiger partial charge in [0, 0.05) is 72.2 Å². The van der Waals surface area contributed by atoms with Gasteiger partial charge < -0.3 is 59.7 Å². The molecule has 5 saturated carbocycles. The molecule has 4 aromatic carbocycles. The van der Waals surface area contributed by atoms with Crippen molar-refractivity contribution in [2.45, 2.75) is 196 Å². The molecular weight excluding hydrogens is 1610 g/mol. The number of hydrogen-bond donors (Lipinski definition) is 0. The molecule has 5 aliphatic carbocycles. The second-order valence-electron chi connectivity index (χ2n) is 32.0. The van der Waals surface area contributed by atoms with E-state index in [0.717, 1.165) is 76.6 Å². The summed E-state index contributed by atoms with van der Waals surface area (Å²) in [5.74, 6) is 1.32. The van der Waals surface area contributed by atoms with Crippen LogP contribution in [0.3, 0.4) is 0 Å². The molecule has 0 saturated heterocycles. The Balaban J connectivity index is 0.000000695. The van der Waals surface area contributed by atoms with Gasteiger partial charge in [0.15, 0.2) is 25.0 Å². The van der Waals surface area contributed by atoms with E-state index >= 15 is 0 Å². The maximum atomic E-state index is 11.3. The molecule has 7 unspecified atom stereocenters. The molecule has 5 aliphatic rings. The Hall–Kier alpha value is -10.0. The van der Waals surface area contributed by atoms with Crippen LogP contribution in [0, 0.1) is 40.4 Å². The Morgan fingerprint density at radius 1 is 0.372 bits per heavy atom. The number of rotatable bonds is 34. The molecule has 5 fully saturated rings. The fourth-order valence-electron chi connectivity index (χ4n) is 14.0. The third-order valence-electron chi connectivity index (χ3n) is 19.6. The molecule has 664 valence electrons. The third-order valence-corrected chi connectivity index (χ3v) is 31.6. The van der Waals surface area contributed by atoms with E-state index in [0.29, 0.717) is 50.2 Å². The highest BCUT2D eigenvalue weighted by Crippen LogP contribution is 2.66. The van der Waals surface area contributed by atoms with Crippen LogP contribution in [-0.2, 0) is 134 Å². The van der Waals surface area contributed by atoms with E-state index in [2.05, 4.69) is 170 Å². The van der Waals surface area contributed by atoms with Gasteiger partial charge in [-0.05, 0) is 211 Å². The summed E-state index contributed by atoms with van der Waals surface area (Å²) in [6.45, 7) is 64.9. The highest BCUT2D eigenvalue weighted by atomic mass is 28.5. The van der Waals surface area contributed by atoms with Crippen molar-refractivity contribution in [3.05, 3.63) is 246 Å². The van der Waals surface area contributed by atoms with Gasteiger partial charge in [0.2, 0.25) is 0 Å². The maximum Gasteiger partial charge on any atom is 0.469 e. The van der Waals surface area contributed by atoms with Crippen molar-refractivity contribution in [3.63, 3.8) is 0 Å².